The molecule has 4 N–H and O–H groups in total. The van der Waals surface area contributed by atoms with E-state index in [0.717, 1.165) is 0 Å². The van der Waals surface area contributed by atoms with Crippen molar-refractivity contribution in [2.45, 2.75) is 12.5 Å². The second-order valence-corrected chi connectivity index (χ2v) is 6.79. The van der Waals surface area contributed by atoms with E-state index in [9.17, 15) is 9.36 Å². The van der Waals surface area contributed by atoms with E-state index in [1.54, 1.807) is 0 Å². The van der Waals surface area contributed by atoms with Crippen LogP contribution in [0.5, 0.6) is 5.75 Å². The van der Waals surface area contributed by atoms with Gasteiger partial charge in [0.05, 0.1) is 0 Å². The van der Waals surface area contributed by atoms with E-state index in [-0.39, 0.29) is 12.2 Å². The summed E-state index contributed by atoms with van der Waals surface area (Å²) in [5, 5.41) is 18.1. The van der Waals surface area contributed by atoms with Crippen molar-refractivity contribution in [2.24, 2.45) is 0 Å². The summed E-state index contributed by atoms with van der Waals surface area (Å²) in [4.78, 5) is 28.9. The van der Waals surface area contributed by atoms with Gasteiger partial charge in [-0.05, 0) is 17.7 Å². The molecule has 100 valence electrons. The Morgan fingerprint density at radius 2 is 1.83 bits per heavy atom. The highest BCUT2D eigenvalue weighted by atomic mass is 127. The number of carboxylic acid groups (broad SMARTS) is 1. The number of hydrogen-bond acceptors (Lipinski definition) is 3. The van der Waals surface area contributed by atoms with Crippen molar-refractivity contribution in [3.8, 4) is 5.75 Å². The van der Waals surface area contributed by atoms with Crippen LogP contribution in [0.4, 0.5) is 0 Å². The zero-order chi connectivity index (χ0) is 13.9. The molecule has 0 amide bonds. The molecule has 0 bridgehead atoms. The monoisotopic (exact) mass is 387 g/mol. The molecule has 7 nitrogen and oxygen atoms in total. The summed E-state index contributed by atoms with van der Waals surface area (Å²) in [5.41, 5.74) is 0.551. The van der Waals surface area contributed by atoms with E-state index in [2.05, 4.69) is 0 Å². The Morgan fingerprint density at radius 1 is 1.33 bits per heavy atom. The number of carbonyl (C=O) groups is 1. The van der Waals surface area contributed by atoms with E-state index < -0.39 is 19.8 Å². The summed E-state index contributed by atoms with van der Waals surface area (Å²) in [5.74, 6) is -1.30. The molecule has 1 atom stereocenters. The molecule has 0 radical (unpaired) electrons. The number of halogens is 1. The van der Waals surface area contributed by atoms with Gasteiger partial charge in [-0.1, -0.05) is 12.1 Å². The molecule has 0 aliphatic carbocycles. The predicted octanol–water partition coefficient (Wildman–Crippen LogP) is 1.13. The van der Waals surface area contributed by atoms with Gasteiger partial charge in [0.15, 0.2) is 0 Å². The second kappa shape index (κ2) is 5.98. The fraction of sp³-hybridized carbons (Fsp3) is 0.222. The maximum Gasteiger partial charge on any atom is 0.412 e. The quantitative estimate of drug-likeness (QED) is 0.340. The third-order valence-corrected chi connectivity index (χ3v) is 5.29. The summed E-state index contributed by atoms with van der Waals surface area (Å²) in [7, 11) is -4.62. The highest BCUT2D eigenvalue weighted by molar-refractivity contribution is 14.1. The van der Waals surface area contributed by atoms with E-state index >= 15 is 0 Å². The maximum atomic E-state index is 11.0. The van der Waals surface area contributed by atoms with Crippen molar-refractivity contribution < 1.29 is 29.4 Å². The van der Waals surface area contributed by atoms with Crippen LogP contribution in [-0.2, 0) is 15.8 Å². The van der Waals surface area contributed by atoms with Gasteiger partial charge < -0.3 is 20.0 Å². The number of carboxylic acids is 1. The van der Waals surface area contributed by atoms with Crippen LogP contribution in [0.2, 0.25) is 0 Å². The van der Waals surface area contributed by atoms with Crippen LogP contribution in [0.1, 0.15) is 5.56 Å². The first kappa shape index (κ1) is 15.4. The highest BCUT2D eigenvalue weighted by Crippen LogP contribution is 2.45. The minimum absolute atomic E-state index is 0.0342. The lowest BCUT2D eigenvalue weighted by atomic mass is 10.1. The molecule has 1 rings (SSSR count). The summed E-state index contributed by atoms with van der Waals surface area (Å²) >= 11 is 1.30. The van der Waals surface area contributed by atoms with Crippen LogP contribution in [0.3, 0.4) is 0 Å². The largest absolute Gasteiger partial charge is 0.508 e. The third-order valence-electron chi connectivity index (χ3n) is 2.16. The lowest BCUT2D eigenvalue weighted by molar-refractivity contribution is -0.140. The molecule has 1 aromatic rings. The molecule has 0 saturated heterocycles. The van der Waals surface area contributed by atoms with Crippen LogP contribution >= 0.6 is 30.6 Å². The van der Waals surface area contributed by atoms with E-state index in [4.69, 9.17) is 20.0 Å². The standard InChI is InChI=1S/C9H11INO6P/c10-11(18(15,16)17)8(9(13)14)5-6-1-3-7(12)4-2-6/h1-4,8,12H,5H2,(H,13,14)(H2,15,16,17). The number of phenolic OH excluding ortho intramolecular Hbond substituents is 1. The van der Waals surface area contributed by atoms with Crippen molar-refractivity contribution >= 4 is 36.6 Å². The number of benzene rings is 1. The van der Waals surface area contributed by atoms with Crippen LogP contribution in [0.15, 0.2) is 24.3 Å². The normalized spacial score (nSPS) is 13.6. The van der Waals surface area contributed by atoms with Gasteiger partial charge in [0.25, 0.3) is 0 Å². The molecule has 0 fully saturated rings. The average molecular weight is 387 g/mol. The van der Waals surface area contributed by atoms with Gasteiger partial charge in [0.1, 0.15) is 11.8 Å². The first-order valence-corrected chi connectivity index (χ1v) is 7.26. The van der Waals surface area contributed by atoms with E-state index in [0.29, 0.717) is 8.45 Å². The van der Waals surface area contributed by atoms with Crippen LogP contribution in [-0.4, -0.2) is 34.9 Å². The van der Waals surface area contributed by atoms with Gasteiger partial charge in [-0.25, -0.2) is 4.57 Å². The Kier molecular flexibility index (Phi) is 5.11. The SMILES string of the molecule is O=C(O)C(Cc1ccc(O)cc1)N(I)P(=O)(O)O. The number of rotatable bonds is 5. The summed E-state index contributed by atoms with van der Waals surface area (Å²) in [6, 6.07) is 4.40. The molecule has 1 unspecified atom stereocenters. The second-order valence-electron chi connectivity index (χ2n) is 3.53. The summed E-state index contributed by atoms with van der Waals surface area (Å²) in [6.45, 7) is 0. The molecule has 9 heteroatoms. The Morgan fingerprint density at radius 3 is 2.22 bits per heavy atom. The zero-order valence-corrected chi connectivity index (χ0v) is 12.0. The fourth-order valence-corrected chi connectivity index (χ4v) is 2.27. The first-order valence-electron chi connectivity index (χ1n) is 4.73. The fourth-order valence-electron chi connectivity index (χ4n) is 1.29. The third kappa shape index (κ3) is 4.21. The van der Waals surface area contributed by atoms with Crippen molar-refractivity contribution in [3.63, 3.8) is 0 Å². The molecular formula is C9H11INO6P. The van der Waals surface area contributed by atoms with Crippen molar-refractivity contribution in [3.05, 3.63) is 29.8 Å². The van der Waals surface area contributed by atoms with E-state index in [1.165, 1.54) is 47.1 Å². The summed E-state index contributed by atoms with van der Waals surface area (Å²) in [6.07, 6.45) is -0.0797. The molecule has 0 heterocycles. The lowest BCUT2D eigenvalue weighted by Gasteiger charge is -2.22. The summed E-state index contributed by atoms with van der Waals surface area (Å²) < 4.78 is 11.5. The van der Waals surface area contributed by atoms with Gasteiger partial charge in [0.2, 0.25) is 0 Å². The van der Waals surface area contributed by atoms with Crippen LogP contribution in [0.25, 0.3) is 0 Å². The van der Waals surface area contributed by atoms with Gasteiger partial charge >= 0.3 is 13.7 Å². The van der Waals surface area contributed by atoms with Crippen molar-refractivity contribution in [1.29, 1.82) is 0 Å². The molecule has 1 aromatic carbocycles. The minimum Gasteiger partial charge on any atom is -0.508 e. The van der Waals surface area contributed by atoms with E-state index in [1.807, 2.05) is 0 Å². The zero-order valence-electron chi connectivity index (χ0n) is 8.97. The minimum atomic E-state index is -4.62. The van der Waals surface area contributed by atoms with Crippen LogP contribution < -0.4 is 0 Å². The molecular weight excluding hydrogens is 376 g/mol. The molecule has 0 saturated carbocycles. The van der Waals surface area contributed by atoms with Crippen molar-refractivity contribution in [2.75, 3.05) is 0 Å². The molecule has 0 aliphatic rings. The highest BCUT2D eigenvalue weighted by Gasteiger charge is 2.35. The van der Waals surface area contributed by atoms with Crippen molar-refractivity contribution in [1.82, 2.24) is 2.88 Å². The number of nitrogens with zero attached hydrogens (tertiary/aromatic N) is 1. The average Bonchev–Trinajstić information content (AvgIpc) is 2.25. The lowest BCUT2D eigenvalue weighted by Crippen LogP contribution is -2.34. The predicted molar refractivity (Wildman–Crippen MR) is 71.1 cm³/mol. The Hall–Kier alpha value is -0.670. The van der Waals surface area contributed by atoms with Gasteiger partial charge in [-0.15, -0.1) is 2.88 Å². The number of aliphatic carboxylic acids is 1. The number of phenols is 1. The number of hydrogen-bond donors (Lipinski definition) is 4. The Balaban J connectivity index is 2.91. The molecule has 18 heavy (non-hydrogen) atoms. The van der Waals surface area contributed by atoms with Crippen LogP contribution in [0, 0.1) is 0 Å². The Bertz CT molecular complexity index is 472. The first-order chi connectivity index (χ1) is 8.21. The Labute approximate surface area is 117 Å². The maximum absolute atomic E-state index is 11.0. The smallest absolute Gasteiger partial charge is 0.412 e. The van der Waals surface area contributed by atoms with Gasteiger partial charge in [0, 0.05) is 29.3 Å². The molecule has 0 aromatic heterocycles. The molecule has 0 aliphatic heterocycles. The topological polar surface area (TPSA) is 118 Å². The van der Waals surface area contributed by atoms with Gasteiger partial charge in [-0.3, -0.25) is 4.79 Å². The molecule has 0 spiro atoms. The number of aromatic hydroxyl groups is 1. The van der Waals surface area contributed by atoms with Gasteiger partial charge in [-0.2, -0.15) is 0 Å².